The molecule has 0 fully saturated rings. The lowest BCUT2D eigenvalue weighted by atomic mass is 10.1. The van der Waals surface area contributed by atoms with Crippen LogP contribution >= 0.6 is 0 Å². The van der Waals surface area contributed by atoms with Gasteiger partial charge in [-0.05, 0) is 57.6 Å². The van der Waals surface area contributed by atoms with E-state index < -0.39 is 17.9 Å². The fourth-order valence-electron chi connectivity index (χ4n) is 6.91. The van der Waals surface area contributed by atoms with Gasteiger partial charge in [0.2, 0.25) is 5.75 Å². The van der Waals surface area contributed by atoms with Gasteiger partial charge < -0.3 is 24.6 Å². The molecule has 0 unspecified atom stereocenters. The van der Waals surface area contributed by atoms with Gasteiger partial charge in [-0.2, -0.15) is 0 Å². The Morgan fingerprint density at radius 1 is 0.462 bits per heavy atom. The summed E-state index contributed by atoms with van der Waals surface area (Å²) in [7, 11) is 0. The summed E-state index contributed by atoms with van der Waals surface area (Å²) in [5.74, 6) is -0.219. The quantitative estimate of drug-likeness (QED) is 0.0277. The molecule has 0 bridgehead atoms. The monoisotopic (exact) mass is 920 g/mol. The fraction of sp³-hybridized carbons (Fsp3) is 0.731. The molecular formula is C52H89NO12. The van der Waals surface area contributed by atoms with E-state index in [1.807, 2.05) is 0 Å². The van der Waals surface area contributed by atoms with Gasteiger partial charge in [-0.3, -0.25) is 9.59 Å². The van der Waals surface area contributed by atoms with Crippen LogP contribution in [0.25, 0.3) is 0 Å². The van der Waals surface area contributed by atoms with Crippen molar-refractivity contribution in [3.63, 3.8) is 0 Å². The third-order valence-electron chi connectivity index (χ3n) is 10.7. The van der Waals surface area contributed by atoms with Crippen molar-refractivity contribution >= 4 is 11.9 Å². The molecule has 1 aromatic rings. The Balaban J connectivity index is 2.74. The molecule has 0 radical (unpaired) electrons. The molecule has 0 spiro atoms. The second kappa shape index (κ2) is 45.7. The maximum Gasteiger partial charge on any atom is 0.325 e. The molecule has 1 rings (SSSR count). The minimum Gasteiger partial charge on any atom is -0.490 e. The number of carbonyl (C=O) groups excluding carboxylic acids is 1. The van der Waals surface area contributed by atoms with Crippen LogP contribution in [0.5, 0.6) is 17.2 Å². The maximum absolute atomic E-state index is 13.3. The van der Waals surface area contributed by atoms with Gasteiger partial charge >= 0.3 is 5.97 Å². The first-order valence-corrected chi connectivity index (χ1v) is 25.1. The number of amides is 1. The standard InChI is InChI=1S/C52H89NO12/c1-5-35-60-63-41-32-26-20-14-8-11-17-23-29-38-57-48-44-47(51(54)53-46(4)52(55)56)45-49(58-39-30-24-18-12-9-15-21-27-33-42-64-61-36-6-2)50(48)59-40-31-25-19-13-10-16-22-28-34-43-65-62-37-7-3/h5-7,44-46H,1-3,8-43H2,4H3,(H,53,54)(H,55,56)/t46-/m0/s1. The van der Waals surface area contributed by atoms with Crippen LogP contribution in [0.15, 0.2) is 50.1 Å². The summed E-state index contributed by atoms with van der Waals surface area (Å²) >= 11 is 0. The van der Waals surface area contributed by atoms with Gasteiger partial charge in [-0.1, -0.05) is 153 Å². The molecule has 0 aliphatic heterocycles. The third kappa shape index (κ3) is 36.4. The summed E-state index contributed by atoms with van der Waals surface area (Å²) in [5, 5.41) is 12.1. The molecule has 0 heterocycles. The predicted molar refractivity (Wildman–Crippen MR) is 258 cm³/mol. The van der Waals surface area contributed by atoms with E-state index >= 15 is 0 Å². The summed E-state index contributed by atoms with van der Waals surface area (Å²) in [6, 6.07) is 2.26. The van der Waals surface area contributed by atoms with Gasteiger partial charge in [0.05, 0.1) is 39.6 Å². The second-order valence-corrected chi connectivity index (χ2v) is 16.6. The first-order valence-electron chi connectivity index (χ1n) is 25.1. The lowest BCUT2D eigenvalue weighted by Crippen LogP contribution is -2.38. The van der Waals surface area contributed by atoms with Crippen LogP contribution in [0.3, 0.4) is 0 Å². The minimum atomic E-state index is -1.11. The molecule has 65 heavy (non-hydrogen) atoms. The SMILES string of the molecule is C=CCOOCCCCCCCCCCCOc1cc(C(=O)N[C@@H](C)C(=O)O)cc(OCCCCCCCCCCCOOCC=C)c1OCCCCCCCCCCCOOCC=C. The summed E-state index contributed by atoms with van der Waals surface area (Å²) < 4.78 is 19.2. The highest BCUT2D eigenvalue weighted by Gasteiger charge is 2.22. The number of carboxylic acids is 1. The Morgan fingerprint density at radius 3 is 1.03 bits per heavy atom. The van der Waals surface area contributed by atoms with Gasteiger partial charge in [0, 0.05) is 5.56 Å². The van der Waals surface area contributed by atoms with Crippen molar-refractivity contribution in [2.75, 3.05) is 59.5 Å². The van der Waals surface area contributed by atoms with Crippen LogP contribution in [-0.2, 0) is 34.1 Å². The molecule has 0 aliphatic carbocycles. The number of carbonyl (C=O) groups is 2. The molecule has 2 N–H and O–H groups in total. The van der Waals surface area contributed by atoms with Crippen LogP contribution in [0.1, 0.15) is 191 Å². The minimum absolute atomic E-state index is 0.274. The number of hydrogen-bond acceptors (Lipinski definition) is 11. The van der Waals surface area contributed by atoms with Crippen molar-refractivity contribution in [3.05, 3.63) is 55.7 Å². The summed E-state index contributed by atoms with van der Waals surface area (Å²) in [6.45, 7) is 16.8. The van der Waals surface area contributed by atoms with E-state index in [0.717, 1.165) is 96.3 Å². The first-order chi connectivity index (χ1) is 31.9. The van der Waals surface area contributed by atoms with Crippen molar-refractivity contribution < 1.29 is 58.2 Å². The highest BCUT2D eigenvalue weighted by atomic mass is 17.2. The van der Waals surface area contributed by atoms with E-state index in [1.165, 1.54) is 84.0 Å². The van der Waals surface area contributed by atoms with Gasteiger partial charge in [0.15, 0.2) is 11.5 Å². The normalized spacial score (nSPS) is 11.6. The second-order valence-electron chi connectivity index (χ2n) is 16.6. The van der Waals surface area contributed by atoms with Gasteiger partial charge in [-0.15, -0.1) is 19.7 Å². The number of ether oxygens (including phenoxy) is 3. The molecule has 374 valence electrons. The average molecular weight is 920 g/mol. The molecule has 0 aromatic heterocycles. The molecular weight excluding hydrogens is 831 g/mol. The van der Waals surface area contributed by atoms with E-state index in [4.69, 9.17) is 43.5 Å². The van der Waals surface area contributed by atoms with Crippen LogP contribution in [0.2, 0.25) is 0 Å². The summed E-state index contributed by atoms with van der Waals surface area (Å²) in [6.07, 6.45) is 34.8. The maximum atomic E-state index is 13.3. The van der Waals surface area contributed by atoms with Crippen LogP contribution in [0.4, 0.5) is 0 Å². The largest absolute Gasteiger partial charge is 0.490 e. The molecule has 1 aromatic carbocycles. The van der Waals surface area contributed by atoms with Crippen LogP contribution in [0, 0.1) is 0 Å². The van der Waals surface area contributed by atoms with Crippen molar-refractivity contribution in [2.24, 2.45) is 0 Å². The van der Waals surface area contributed by atoms with Crippen molar-refractivity contribution in [3.8, 4) is 17.2 Å². The fourth-order valence-corrected chi connectivity index (χ4v) is 6.91. The van der Waals surface area contributed by atoms with Crippen LogP contribution < -0.4 is 19.5 Å². The Kier molecular flexibility index (Phi) is 41.9. The van der Waals surface area contributed by atoms with E-state index in [-0.39, 0.29) is 5.56 Å². The number of hydrogen-bond donors (Lipinski definition) is 2. The van der Waals surface area contributed by atoms with Crippen molar-refractivity contribution in [1.82, 2.24) is 5.32 Å². The number of rotatable bonds is 51. The molecule has 13 heteroatoms. The van der Waals surface area contributed by atoms with Gasteiger partial charge in [0.1, 0.15) is 25.9 Å². The molecule has 0 saturated carbocycles. The number of carboxylic acid groups (broad SMARTS) is 1. The third-order valence-corrected chi connectivity index (χ3v) is 10.7. The van der Waals surface area contributed by atoms with E-state index in [9.17, 15) is 14.7 Å². The summed E-state index contributed by atoms with van der Waals surface area (Å²) in [5.41, 5.74) is 0.274. The lowest BCUT2D eigenvalue weighted by Gasteiger charge is -2.19. The smallest absolute Gasteiger partial charge is 0.325 e. The average Bonchev–Trinajstić information content (AvgIpc) is 3.30. The molecule has 1 atom stereocenters. The van der Waals surface area contributed by atoms with Gasteiger partial charge in [-0.25, -0.2) is 29.3 Å². The van der Waals surface area contributed by atoms with E-state index in [2.05, 4.69) is 25.1 Å². The zero-order chi connectivity index (χ0) is 47.1. The predicted octanol–water partition coefficient (Wildman–Crippen LogP) is 13.0. The Morgan fingerprint density at radius 2 is 0.738 bits per heavy atom. The molecule has 0 aliphatic rings. The molecule has 0 saturated heterocycles. The van der Waals surface area contributed by atoms with Crippen LogP contribution in [-0.4, -0.2) is 82.5 Å². The highest BCUT2D eigenvalue weighted by molar-refractivity contribution is 5.97. The summed E-state index contributed by atoms with van der Waals surface area (Å²) in [4.78, 5) is 55.2. The Labute approximate surface area is 393 Å². The van der Waals surface area contributed by atoms with E-state index in [1.54, 1.807) is 30.4 Å². The number of benzene rings is 1. The Hall–Kier alpha value is -3.46. The number of unbranched alkanes of at least 4 members (excludes halogenated alkanes) is 24. The van der Waals surface area contributed by atoms with Gasteiger partial charge in [0.25, 0.3) is 5.91 Å². The molecule has 1 amide bonds. The van der Waals surface area contributed by atoms with Crippen molar-refractivity contribution in [1.29, 1.82) is 0 Å². The number of nitrogens with one attached hydrogen (secondary N) is 1. The molecule has 13 nitrogen and oxygen atoms in total. The van der Waals surface area contributed by atoms with Crippen molar-refractivity contribution in [2.45, 2.75) is 186 Å². The number of aliphatic carboxylic acids is 1. The van der Waals surface area contributed by atoms with E-state index in [0.29, 0.717) is 76.7 Å². The topological polar surface area (TPSA) is 149 Å². The first kappa shape index (κ1) is 59.6. The lowest BCUT2D eigenvalue weighted by molar-refractivity contribution is -0.286. The zero-order valence-corrected chi connectivity index (χ0v) is 40.5. The zero-order valence-electron chi connectivity index (χ0n) is 40.5. The highest BCUT2D eigenvalue weighted by Crippen LogP contribution is 2.40. The Bertz CT molecular complexity index is 1250.